The van der Waals surface area contributed by atoms with Crippen LogP contribution in [0.1, 0.15) is 0 Å². The van der Waals surface area contributed by atoms with Crippen molar-refractivity contribution >= 4 is 45.4 Å². The lowest BCUT2D eigenvalue weighted by atomic mass is 10.2. The Kier molecular flexibility index (Phi) is 1.66. The van der Waals surface area contributed by atoms with Crippen molar-refractivity contribution in [3.8, 4) is 0 Å². The van der Waals surface area contributed by atoms with Gasteiger partial charge in [0, 0.05) is 9.60 Å². The van der Waals surface area contributed by atoms with Gasteiger partial charge in [0.1, 0.15) is 0 Å². The number of fused-ring (bicyclic) bond motifs is 1. The fourth-order valence-electron chi connectivity index (χ4n) is 1.13. The lowest BCUT2D eigenvalue weighted by Gasteiger charge is -2.03. The van der Waals surface area contributed by atoms with Crippen molar-refractivity contribution in [2.75, 3.05) is 11.5 Å². The number of benzene rings is 1. The second-order valence-corrected chi connectivity index (χ2v) is 3.93. The minimum absolute atomic E-state index is 0.577. The summed E-state index contributed by atoms with van der Waals surface area (Å²) in [5, 5.41) is 3.11. The van der Waals surface area contributed by atoms with Crippen molar-refractivity contribution < 1.29 is 0 Å². The maximum atomic E-state index is 5.71. The fraction of sp³-hybridized carbons (Fsp3) is 0. The molecule has 0 bridgehead atoms. The summed E-state index contributed by atoms with van der Waals surface area (Å²) >= 11 is 5.93. The molecule has 0 atom stereocenters. The highest BCUT2D eigenvalue weighted by Crippen LogP contribution is 2.35. The summed E-state index contributed by atoms with van der Waals surface area (Å²) in [5.41, 5.74) is 12.6. The van der Waals surface area contributed by atoms with Crippen molar-refractivity contribution in [3.63, 3.8) is 0 Å². The second kappa shape index (κ2) is 2.57. The zero-order valence-corrected chi connectivity index (χ0v) is 7.95. The smallest absolute Gasteiger partial charge is 0.0698 e. The molecule has 0 aliphatic rings. The lowest BCUT2D eigenvalue weighted by Crippen LogP contribution is -1.95. The van der Waals surface area contributed by atoms with Gasteiger partial charge in [-0.1, -0.05) is 0 Å². The van der Waals surface area contributed by atoms with E-state index < -0.39 is 0 Å². The predicted octanol–water partition coefficient (Wildman–Crippen LogP) is 2.35. The summed E-state index contributed by atoms with van der Waals surface area (Å²) in [5.74, 6) is 0. The molecule has 2 rings (SSSR count). The molecule has 2 nitrogen and oxygen atoms in total. The third kappa shape index (κ3) is 0.956. The number of rotatable bonds is 0. The van der Waals surface area contributed by atoms with E-state index in [-0.39, 0.29) is 0 Å². The molecular weight excluding hydrogens is 188 g/mol. The molecule has 0 saturated heterocycles. The van der Waals surface area contributed by atoms with Crippen LogP contribution in [0.4, 0.5) is 11.4 Å². The van der Waals surface area contributed by atoms with Crippen LogP contribution in [0, 0.1) is 0 Å². The van der Waals surface area contributed by atoms with Crippen LogP contribution in [0.25, 0.3) is 10.1 Å². The first kappa shape index (κ1) is 7.76. The van der Waals surface area contributed by atoms with Crippen LogP contribution in [0.15, 0.2) is 22.4 Å². The average Bonchev–Trinajstić information content (AvgIpc) is 2.48. The monoisotopic (exact) mass is 196 g/mol. The number of thiol groups is 1. The molecule has 12 heavy (non-hydrogen) atoms. The Labute approximate surface area is 79.6 Å². The van der Waals surface area contributed by atoms with Crippen molar-refractivity contribution in [1.29, 1.82) is 0 Å². The van der Waals surface area contributed by atoms with Crippen LogP contribution >= 0.6 is 24.0 Å². The van der Waals surface area contributed by atoms with Gasteiger partial charge in [-0.15, -0.1) is 24.0 Å². The molecule has 4 N–H and O–H groups in total. The van der Waals surface area contributed by atoms with Gasteiger partial charge in [0.2, 0.25) is 0 Å². The van der Waals surface area contributed by atoms with Crippen LogP contribution in [0.5, 0.6) is 0 Å². The summed E-state index contributed by atoms with van der Waals surface area (Å²) in [6.07, 6.45) is 0. The van der Waals surface area contributed by atoms with Crippen LogP contribution < -0.4 is 11.5 Å². The van der Waals surface area contributed by atoms with E-state index >= 15 is 0 Å². The first-order chi connectivity index (χ1) is 5.70. The van der Waals surface area contributed by atoms with Crippen LogP contribution in [-0.2, 0) is 0 Å². The number of anilines is 2. The van der Waals surface area contributed by atoms with Gasteiger partial charge in [0.25, 0.3) is 0 Å². The molecule has 0 aliphatic heterocycles. The normalized spacial score (nSPS) is 10.8. The molecule has 0 saturated carbocycles. The summed E-state index contributed by atoms with van der Waals surface area (Å²) in [6, 6.07) is 3.89. The first-order valence-electron chi connectivity index (χ1n) is 3.44. The van der Waals surface area contributed by atoms with Gasteiger partial charge in [-0.25, -0.2) is 0 Å². The zero-order chi connectivity index (χ0) is 8.72. The van der Waals surface area contributed by atoms with E-state index in [2.05, 4.69) is 12.6 Å². The Morgan fingerprint density at radius 2 is 2.08 bits per heavy atom. The molecule has 4 heteroatoms. The summed E-state index contributed by atoms with van der Waals surface area (Å²) in [6.45, 7) is 0. The van der Waals surface area contributed by atoms with Gasteiger partial charge >= 0.3 is 0 Å². The van der Waals surface area contributed by atoms with E-state index in [1.807, 2.05) is 17.5 Å². The lowest BCUT2D eigenvalue weighted by molar-refractivity contribution is 1.58. The Hall–Kier alpha value is -0.870. The van der Waals surface area contributed by atoms with Crippen LogP contribution in [0.3, 0.4) is 0 Å². The summed E-state index contributed by atoms with van der Waals surface area (Å²) in [4.78, 5) is 0.792. The number of hydrogen-bond acceptors (Lipinski definition) is 4. The molecule has 1 aromatic heterocycles. The van der Waals surface area contributed by atoms with Gasteiger partial charge in [0.15, 0.2) is 0 Å². The molecule has 1 aromatic carbocycles. The molecule has 0 spiro atoms. The molecule has 2 aromatic rings. The fourth-order valence-corrected chi connectivity index (χ4v) is 2.38. The van der Waals surface area contributed by atoms with Crippen molar-refractivity contribution in [2.24, 2.45) is 0 Å². The molecule has 0 amide bonds. The van der Waals surface area contributed by atoms with Crippen molar-refractivity contribution in [2.45, 2.75) is 4.90 Å². The number of nitrogen functional groups attached to an aromatic ring is 2. The average molecular weight is 196 g/mol. The van der Waals surface area contributed by atoms with Crippen molar-refractivity contribution in [1.82, 2.24) is 0 Å². The molecule has 1 heterocycles. The summed E-state index contributed by atoms with van der Waals surface area (Å²) < 4.78 is 1.10. The minimum atomic E-state index is 0.577. The quantitative estimate of drug-likeness (QED) is 0.447. The maximum Gasteiger partial charge on any atom is 0.0698 e. The van der Waals surface area contributed by atoms with Gasteiger partial charge in [-0.05, 0) is 22.9 Å². The molecule has 0 unspecified atom stereocenters. The first-order valence-corrected chi connectivity index (χ1v) is 4.77. The van der Waals surface area contributed by atoms with E-state index in [1.54, 1.807) is 11.3 Å². The highest BCUT2D eigenvalue weighted by atomic mass is 32.1. The maximum absolute atomic E-state index is 5.71. The zero-order valence-electron chi connectivity index (χ0n) is 6.24. The molecular formula is C8H8N2S2. The Morgan fingerprint density at radius 3 is 2.83 bits per heavy atom. The molecule has 62 valence electrons. The Bertz CT molecular complexity index is 434. The topological polar surface area (TPSA) is 52.0 Å². The summed E-state index contributed by atoms with van der Waals surface area (Å²) in [7, 11) is 0. The standard InChI is InChI=1S/C8H8N2S2/c9-5-3-4-1-2-12-8(4)7(11)6(5)10/h1-3,11H,9-10H2. The number of nitrogens with two attached hydrogens (primary N) is 2. The highest BCUT2D eigenvalue weighted by Gasteiger charge is 2.06. The van der Waals surface area contributed by atoms with Gasteiger partial charge in [-0.2, -0.15) is 0 Å². The largest absolute Gasteiger partial charge is 0.397 e. The minimum Gasteiger partial charge on any atom is -0.397 e. The van der Waals surface area contributed by atoms with Gasteiger partial charge < -0.3 is 11.5 Å². The van der Waals surface area contributed by atoms with E-state index in [0.717, 1.165) is 15.0 Å². The predicted molar refractivity (Wildman–Crippen MR) is 57.9 cm³/mol. The number of hydrogen-bond donors (Lipinski definition) is 3. The van der Waals surface area contributed by atoms with Crippen LogP contribution in [-0.4, -0.2) is 0 Å². The third-order valence-corrected chi connectivity index (χ3v) is 3.35. The van der Waals surface area contributed by atoms with E-state index in [0.29, 0.717) is 11.4 Å². The van der Waals surface area contributed by atoms with E-state index in [9.17, 15) is 0 Å². The highest BCUT2D eigenvalue weighted by molar-refractivity contribution is 7.81. The molecule has 0 aliphatic carbocycles. The Balaban J connectivity index is 2.94. The SMILES string of the molecule is Nc1cc2ccsc2c(S)c1N. The van der Waals surface area contributed by atoms with Crippen molar-refractivity contribution in [3.05, 3.63) is 17.5 Å². The van der Waals surface area contributed by atoms with Crippen LogP contribution in [0.2, 0.25) is 0 Å². The molecule has 0 fully saturated rings. The third-order valence-electron chi connectivity index (χ3n) is 1.79. The number of thiophene rings is 1. The molecule has 0 radical (unpaired) electrons. The second-order valence-electron chi connectivity index (χ2n) is 2.57. The van der Waals surface area contributed by atoms with E-state index in [1.165, 1.54) is 0 Å². The van der Waals surface area contributed by atoms with E-state index in [4.69, 9.17) is 11.5 Å². The van der Waals surface area contributed by atoms with Gasteiger partial charge in [-0.3, -0.25) is 0 Å². The Morgan fingerprint density at radius 1 is 1.33 bits per heavy atom. The van der Waals surface area contributed by atoms with Gasteiger partial charge in [0.05, 0.1) is 11.4 Å².